The van der Waals surface area contributed by atoms with E-state index in [9.17, 15) is 14.4 Å². The summed E-state index contributed by atoms with van der Waals surface area (Å²) < 4.78 is 12.4. The molecule has 0 aliphatic heterocycles. The van der Waals surface area contributed by atoms with Crippen LogP contribution in [0.1, 0.15) is 145 Å². The number of hydroxylamine groups is 2. The molecule has 4 rings (SSSR count). The Morgan fingerprint density at radius 2 is 1.40 bits per heavy atom. The van der Waals surface area contributed by atoms with Crippen LogP contribution in [0.3, 0.4) is 0 Å². The number of carbonyl (C=O) groups is 3. The molecular weight excluding hydrogens is 594 g/mol. The molecule has 4 aliphatic rings. The molecule has 270 valence electrons. The Labute approximate surface area is 285 Å². The second-order valence-corrected chi connectivity index (χ2v) is 16.3. The van der Waals surface area contributed by atoms with Crippen LogP contribution >= 0.6 is 0 Å². The quantitative estimate of drug-likeness (QED) is 0.0608. The number of nitrogens with two attached hydrogens (primary N) is 1. The van der Waals surface area contributed by atoms with E-state index in [-0.39, 0.29) is 43.1 Å². The van der Waals surface area contributed by atoms with Crippen LogP contribution in [0, 0.1) is 46.3 Å². The molecule has 0 radical (unpaired) electrons. The average Bonchev–Trinajstić information content (AvgIpc) is 3.81. The highest BCUT2D eigenvalue weighted by molar-refractivity contribution is 5.72. The molecule has 4 saturated carbocycles. The van der Waals surface area contributed by atoms with E-state index in [2.05, 4.69) is 33.0 Å². The number of fused-ring (bicyclic) bond motifs is 4. The van der Waals surface area contributed by atoms with Crippen LogP contribution in [0.25, 0.3) is 0 Å². The fraction of sp³-hybridized carbons (Fsp3) is 0.921. The van der Waals surface area contributed by atoms with E-state index < -0.39 is 23.8 Å². The van der Waals surface area contributed by atoms with Crippen molar-refractivity contribution >= 4 is 17.9 Å². The topological polar surface area (TPSA) is 120 Å². The highest BCUT2D eigenvalue weighted by atomic mass is 16.8. The van der Waals surface area contributed by atoms with Crippen LogP contribution < -0.4 is 11.1 Å². The number of ether oxygens (including phenoxy) is 2. The van der Waals surface area contributed by atoms with Gasteiger partial charge in [0.15, 0.2) is 0 Å². The second kappa shape index (κ2) is 16.3. The van der Waals surface area contributed by atoms with Crippen molar-refractivity contribution < 1.29 is 28.7 Å². The predicted octanol–water partition coefficient (Wildman–Crippen LogP) is 7.12. The van der Waals surface area contributed by atoms with Gasteiger partial charge in [-0.1, -0.05) is 66.4 Å². The molecule has 0 amide bonds. The van der Waals surface area contributed by atoms with Gasteiger partial charge in [0.25, 0.3) is 0 Å². The average molecular weight is 662 g/mol. The van der Waals surface area contributed by atoms with Crippen molar-refractivity contribution in [2.45, 2.75) is 157 Å². The van der Waals surface area contributed by atoms with Crippen LogP contribution in [0.4, 0.5) is 0 Å². The number of hydrogen-bond acceptors (Lipinski definition) is 9. The van der Waals surface area contributed by atoms with Crippen molar-refractivity contribution in [3.8, 4) is 0 Å². The highest BCUT2D eigenvalue weighted by Gasteiger charge is 2.61. The Morgan fingerprint density at radius 1 is 0.809 bits per heavy atom. The van der Waals surface area contributed by atoms with E-state index in [1.807, 2.05) is 0 Å². The molecule has 4 aliphatic carbocycles. The molecule has 7 atom stereocenters. The van der Waals surface area contributed by atoms with E-state index in [4.69, 9.17) is 20.0 Å². The Balaban J connectivity index is 1.70. The van der Waals surface area contributed by atoms with Crippen LogP contribution in [0.15, 0.2) is 0 Å². The Hall–Kier alpha value is -1.71. The molecular formula is C38H67N3O6. The van der Waals surface area contributed by atoms with Gasteiger partial charge >= 0.3 is 23.8 Å². The number of esters is 2. The third-order valence-corrected chi connectivity index (χ3v) is 13.0. The van der Waals surface area contributed by atoms with Crippen LogP contribution in [-0.2, 0) is 28.7 Å². The molecule has 9 heteroatoms. The van der Waals surface area contributed by atoms with Gasteiger partial charge in [-0.05, 0) is 117 Å². The van der Waals surface area contributed by atoms with Gasteiger partial charge in [0.2, 0.25) is 0 Å². The molecule has 4 fully saturated rings. The number of unbranched alkanes of at least 4 members (excludes halogenated alkanes) is 1. The lowest BCUT2D eigenvalue weighted by Gasteiger charge is -2.50. The summed E-state index contributed by atoms with van der Waals surface area (Å²) in [4.78, 5) is 46.0. The number of nitrogens with one attached hydrogen (secondary N) is 1. The van der Waals surface area contributed by atoms with Gasteiger partial charge < -0.3 is 25.4 Å². The molecule has 0 aromatic heterocycles. The molecule has 9 nitrogen and oxygen atoms in total. The van der Waals surface area contributed by atoms with Crippen molar-refractivity contribution in [3.05, 3.63) is 0 Å². The standard InChI is InChI=1S/C38H67N3O6/c1-8-32(42)45-38(46-33(43)9-2,20-23-40-22-13-21-39)41(47-34(44)10-3)31(35-27-17-19-29(25-27)37(35,6)7)15-12-11-14-30-26-16-18-28(24-26)36(30,4)5/h26-31,35,40H,8-25,39H2,1-7H3. The number of rotatable bonds is 20. The minimum Gasteiger partial charge on any atom is -0.406 e. The summed E-state index contributed by atoms with van der Waals surface area (Å²) in [5.74, 6) is 0.381. The summed E-state index contributed by atoms with van der Waals surface area (Å²) in [6.07, 6.45) is 12.9. The minimum absolute atomic E-state index is 0.00824. The second-order valence-electron chi connectivity index (χ2n) is 16.3. The molecule has 0 spiro atoms. The maximum absolute atomic E-state index is 13.3. The zero-order chi connectivity index (χ0) is 34.4. The van der Waals surface area contributed by atoms with E-state index in [0.29, 0.717) is 36.9 Å². The normalized spacial score (nSPS) is 29.3. The third kappa shape index (κ3) is 8.37. The number of carbonyl (C=O) groups excluding carboxylic acids is 3. The molecule has 47 heavy (non-hydrogen) atoms. The molecule has 0 saturated heterocycles. The van der Waals surface area contributed by atoms with Crippen molar-refractivity contribution in [2.24, 2.45) is 52.1 Å². The zero-order valence-electron chi connectivity index (χ0n) is 30.7. The molecule has 0 heterocycles. The maximum Gasteiger partial charge on any atom is 0.352 e. The van der Waals surface area contributed by atoms with Crippen LogP contribution in [0.5, 0.6) is 0 Å². The summed E-state index contributed by atoms with van der Waals surface area (Å²) in [6, 6.07) is -0.276. The van der Waals surface area contributed by atoms with Gasteiger partial charge in [-0.2, -0.15) is 0 Å². The lowest BCUT2D eigenvalue weighted by molar-refractivity contribution is -0.389. The molecule has 3 N–H and O–H groups in total. The first-order chi connectivity index (χ1) is 22.3. The Kier molecular flexibility index (Phi) is 13.2. The van der Waals surface area contributed by atoms with Crippen molar-refractivity contribution in [3.63, 3.8) is 0 Å². The maximum atomic E-state index is 13.3. The van der Waals surface area contributed by atoms with Crippen molar-refractivity contribution in [1.82, 2.24) is 10.4 Å². The predicted molar refractivity (Wildman–Crippen MR) is 183 cm³/mol. The van der Waals surface area contributed by atoms with Crippen molar-refractivity contribution in [1.29, 1.82) is 0 Å². The molecule has 0 aromatic carbocycles. The van der Waals surface area contributed by atoms with Gasteiger partial charge in [0.1, 0.15) is 0 Å². The summed E-state index contributed by atoms with van der Waals surface area (Å²) in [6.45, 7) is 16.5. The first-order valence-corrected chi connectivity index (χ1v) is 19.2. The SMILES string of the molecule is CCC(=O)ON(C(CCCCC1C2CCC(C2)C1(C)C)C1C2CCC(C2)C1(C)C)C(CCNCCCN)(OC(=O)CC)OC(=O)CC. The largest absolute Gasteiger partial charge is 0.406 e. The summed E-state index contributed by atoms with van der Waals surface area (Å²) in [7, 11) is 0. The fourth-order valence-electron chi connectivity index (χ4n) is 10.4. The third-order valence-electron chi connectivity index (χ3n) is 13.0. The number of nitrogens with zero attached hydrogens (tertiary/aromatic N) is 1. The first-order valence-electron chi connectivity index (χ1n) is 19.2. The van der Waals surface area contributed by atoms with Crippen LogP contribution in [0.2, 0.25) is 0 Å². The summed E-state index contributed by atoms with van der Waals surface area (Å²) in [5, 5.41) is 4.96. The smallest absolute Gasteiger partial charge is 0.352 e. The van der Waals surface area contributed by atoms with Gasteiger partial charge in [0.05, 0.1) is 12.5 Å². The zero-order valence-corrected chi connectivity index (χ0v) is 30.7. The van der Waals surface area contributed by atoms with Crippen LogP contribution in [-0.4, -0.2) is 54.6 Å². The van der Waals surface area contributed by atoms with E-state index in [0.717, 1.165) is 56.3 Å². The van der Waals surface area contributed by atoms with E-state index in [1.165, 1.54) is 32.1 Å². The lowest BCUT2D eigenvalue weighted by atomic mass is 9.64. The fourth-order valence-corrected chi connectivity index (χ4v) is 10.4. The van der Waals surface area contributed by atoms with Gasteiger partial charge in [0, 0.05) is 25.8 Å². The Bertz CT molecular complexity index is 1040. The van der Waals surface area contributed by atoms with Gasteiger partial charge in [-0.3, -0.25) is 14.4 Å². The molecule has 0 aromatic rings. The lowest BCUT2D eigenvalue weighted by Crippen LogP contribution is -2.63. The minimum atomic E-state index is -1.88. The van der Waals surface area contributed by atoms with Crippen molar-refractivity contribution in [2.75, 3.05) is 19.6 Å². The molecule has 7 unspecified atom stereocenters. The van der Waals surface area contributed by atoms with E-state index >= 15 is 0 Å². The number of hydrogen-bond donors (Lipinski definition) is 2. The Morgan fingerprint density at radius 3 is 1.94 bits per heavy atom. The summed E-state index contributed by atoms with van der Waals surface area (Å²) in [5.41, 5.74) is 6.12. The highest BCUT2D eigenvalue weighted by Crippen LogP contribution is 2.63. The van der Waals surface area contributed by atoms with E-state index in [1.54, 1.807) is 25.8 Å². The van der Waals surface area contributed by atoms with Gasteiger partial charge in [-0.25, -0.2) is 0 Å². The summed E-state index contributed by atoms with van der Waals surface area (Å²) >= 11 is 0. The first kappa shape index (κ1) is 38.1. The monoisotopic (exact) mass is 662 g/mol. The van der Waals surface area contributed by atoms with Gasteiger partial charge in [-0.15, -0.1) is 0 Å². The molecule has 4 bridgehead atoms.